The van der Waals surface area contributed by atoms with E-state index in [1.54, 1.807) is 32.0 Å². The normalized spacial score (nSPS) is 10.8. The average Bonchev–Trinajstić information content (AvgIpc) is 2.51. The summed E-state index contributed by atoms with van der Waals surface area (Å²) in [6.45, 7) is 3.35. The summed E-state index contributed by atoms with van der Waals surface area (Å²) >= 11 is 5.89. The number of rotatable bonds is 2. The van der Waals surface area contributed by atoms with Crippen LogP contribution in [0.3, 0.4) is 0 Å². The lowest BCUT2D eigenvalue weighted by atomic mass is 10.2. The van der Waals surface area contributed by atoms with Crippen LogP contribution in [0.4, 0.5) is 10.1 Å². The highest BCUT2D eigenvalue weighted by Crippen LogP contribution is 2.20. The molecule has 1 N–H and O–H groups in total. The van der Waals surface area contributed by atoms with Gasteiger partial charge in [0.15, 0.2) is 0 Å². The second-order valence-corrected chi connectivity index (χ2v) is 5.70. The quantitative estimate of drug-likeness (QED) is 0.774. The lowest BCUT2D eigenvalue weighted by Gasteiger charge is -2.12. The van der Waals surface area contributed by atoms with E-state index in [9.17, 15) is 14.0 Å². The van der Waals surface area contributed by atoms with Gasteiger partial charge in [-0.3, -0.25) is 14.0 Å². The number of aryl methyl sites for hydroxylation is 2. The average molecular weight is 346 g/mol. The first-order chi connectivity index (χ1) is 11.4. The molecule has 0 saturated heterocycles. The highest BCUT2D eigenvalue weighted by molar-refractivity contribution is 6.34. The minimum atomic E-state index is -0.798. The summed E-state index contributed by atoms with van der Waals surface area (Å²) in [6, 6.07) is 9.17. The van der Waals surface area contributed by atoms with Gasteiger partial charge in [0.25, 0.3) is 11.5 Å². The van der Waals surface area contributed by atoms with Gasteiger partial charge in [-0.05, 0) is 38.1 Å². The number of fused-ring (bicyclic) bond motifs is 1. The van der Waals surface area contributed by atoms with Crippen LogP contribution in [0, 0.1) is 19.7 Å². The molecule has 5 nitrogen and oxygen atoms in total. The Labute approximate surface area is 141 Å². The van der Waals surface area contributed by atoms with Gasteiger partial charge in [0.2, 0.25) is 0 Å². The summed E-state index contributed by atoms with van der Waals surface area (Å²) in [7, 11) is 0. The number of amides is 1. The van der Waals surface area contributed by atoms with Crippen LogP contribution in [0.1, 0.15) is 21.7 Å². The number of nitrogens with zero attached hydrogens (tertiary/aromatic N) is 2. The zero-order chi connectivity index (χ0) is 17.4. The maximum atomic E-state index is 13.9. The number of halogens is 2. The number of aromatic nitrogens is 2. The lowest BCUT2D eigenvalue weighted by Crippen LogP contribution is -2.26. The third-order valence-corrected chi connectivity index (χ3v) is 3.97. The first kappa shape index (κ1) is 16.1. The molecule has 0 spiro atoms. The number of carbonyl (C=O) groups is 1. The van der Waals surface area contributed by atoms with E-state index >= 15 is 0 Å². The van der Waals surface area contributed by atoms with Crippen molar-refractivity contribution < 1.29 is 9.18 Å². The van der Waals surface area contributed by atoms with Gasteiger partial charge in [-0.1, -0.05) is 23.7 Å². The number of carbonyl (C=O) groups excluding carboxylic acids is 1. The summed E-state index contributed by atoms with van der Waals surface area (Å²) in [5, 5.41) is 2.40. The molecule has 3 aromatic rings. The van der Waals surface area contributed by atoms with Crippen molar-refractivity contribution in [2.45, 2.75) is 13.8 Å². The highest BCUT2D eigenvalue weighted by atomic mass is 35.5. The van der Waals surface area contributed by atoms with Crippen LogP contribution >= 0.6 is 11.6 Å². The number of hydrogen-bond donors (Lipinski definition) is 1. The summed E-state index contributed by atoms with van der Waals surface area (Å²) in [4.78, 5) is 29.4. The predicted octanol–water partition coefficient (Wildman–Crippen LogP) is 3.36. The summed E-state index contributed by atoms with van der Waals surface area (Å²) in [5.74, 6) is -1.56. The molecular formula is C17H13ClFN3O2. The molecule has 0 aliphatic heterocycles. The lowest BCUT2D eigenvalue weighted by molar-refractivity contribution is 0.102. The summed E-state index contributed by atoms with van der Waals surface area (Å²) in [5.41, 5.74) is 0.727. The fraction of sp³-hybridized carbons (Fsp3) is 0.118. The molecule has 0 atom stereocenters. The maximum Gasteiger partial charge on any atom is 0.282 e. The minimum absolute atomic E-state index is 0.00822. The molecule has 2 aromatic heterocycles. The first-order valence-electron chi connectivity index (χ1n) is 7.14. The van der Waals surface area contributed by atoms with Crippen molar-refractivity contribution in [1.82, 2.24) is 9.38 Å². The molecule has 1 amide bonds. The van der Waals surface area contributed by atoms with Crippen LogP contribution in [-0.2, 0) is 0 Å². The van der Waals surface area contributed by atoms with Crippen LogP contribution in [0.25, 0.3) is 5.65 Å². The Morgan fingerprint density at radius 2 is 1.92 bits per heavy atom. The van der Waals surface area contributed by atoms with Gasteiger partial charge < -0.3 is 5.32 Å². The standard InChI is InChI=1S/C17H13ClFN3O2/c1-9-5-3-8-13-20-10(2)15(17(24)22(9)13)21-16(23)14-11(18)6-4-7-12(14)19/h3-8H,1-2H3,(H,21,23). The van der Waals surface area contributed by atoms with Gasteiger partial charge in [0.1, 0.15) is 17.2 Å². The van der Waals surface area contributed by atoms with Crippen molar-refractivity contribution in [3.8, 4) is 0 Å². The predicted molar refractivity (Wildman–Crippen MR) is 90.3 cm³/mol. The Hall–Kier alpha value is -2.73. The smallest absolute Gasteiger partial charge is 0.282 e. The number of pyridine rings is 1. The number of hydrogen-bond acceptors (Lipinski definition) is 3. The number of anilines is 1. The second-order valence-electron chi connectivity index (χ2n) is 5.29. The molecule has 1 aromatic carbocycles. The molecule has 0 unspecified atom stereocenters. The van der Waals surface area contributed by atoms with Crippen molar-refractivity contribution in [1.29, 1.82) is 0 Å². The molecule has 0 radical (unpaired) electrons. The third-order valence-electron chi connectivity index (χ3n) is 3.65. The molecule has 7 heteroatoms. The number of nitrogens with one attached hydrogen (secondary N) is 1. The summed E-state index contributed by atoms with van der Waals surface area (Å²) in [6.07, 6.45) is 0. The van der Waals surface area contributed by atoms with Crippen molar-refractivity contribution in [2.75, 3.05) is 5.32 Å². The molecule has 0 bridgehead atoms. The Morgan fingerprint density at radius 3 is 2.62 bits per heavy atom. The van der Waals surface area contributed by atoms with E-state index in [1.165, 1.54) is 16.5 Å². The van der Waals surface area contributed by atoms with Crippen molar-refractivity contribution in [3.63, 3.8) is 0 Å². The zero-order valence-electron chi connectivity index (χ0n) is 12.9. The van der Waals surface area contributed by atoms with E-state index in [2.05, 4.69) is 10.3 Å². The molecule has 0 fully saturated rings. The molecule has 0 aliphatic carbocycles. The molecule has 2 heterocycles. The van der Waals surface area contributed by atoms with Gasteiger partial charge in [-0.15, -0.1) is 0 Å². The Balaban J connectivity index is 2.13. The van der Waals surface area contributed by atoms with Gasteiger partial charge >= 0.3 is 0 Å². The van der Waals surface area contributed by atoms with E-state index in [1.807, 2.05) is 0 Å². The number of benzene rings is 1. The molecule has 122 valence electrons. The van der Waals surface area contributed by atoms with Crippen LogP contribution in [0.15, 0.2) is 41.2 Å². The van der Waals surface area contributed by atoms with Crippen molar-refractivity contribution in [2.24, 2.45) is 0 Å². The zero-order valence-corrected chi connectivity index (χ0v) is 13.7. The SMILES string of the molecule is Cc1nc2cccc(C)n2c(=O)c1NC(=O)c1c(F)cccc1Cl. The molecular weight excluding hydrogens is 333 g/mol. The van der Waals surface area contributed by atoms with Crippen molar-refractivity contribution >= 4 is 28.8 Å². The molecule has 0 saturated carbocycles. The Morgan fingerprint density at radius 1 is 1.21 bits per heavy atom. The van der Waals surface area contributed by atoms with Crippen LogP contribution in [0.5, 0.6) is 0 Å². The fourth-order valence-corrected chi connectivity index (χ4v) is 2.73. The van der Waals surface area contributed by atoms with Crippen molar-refractivity contribution in [3.05, 3.63) is 74.5 Å². The van der Waals surface area contributed by atoms with Gasteiger partial charge in [0, 0.05) is 5.69 Å². The third kappa shape index (κ3) is 2.65. The van der Waals surface area contributed by atoms with Gasteiger partial charge in [-0.25, -0.2) is 9.37 Å². The van der Waals surface area contributed by atoms with E-state index in [0.29, 0.717) is 17.0 Å². The van der Waals surface area contributed by atoms with E-state index in [0.717, 1.165) is 6.07 Å². The van der Waals surface area contributed by atoms with Gasteiger partial charge in [0.05, 0.1) is 16.3 Å². The van der Waals surface area contributed by atoms with Crippen LogP contribution in [-0.4, -0.2) is 15.3 Å². The monoisotopic (exact) mass is 345 g/mol. The first-order valence-corrected chi connectivity index (χ1v) is 7.52. The van der Waals surface area contributed by atoms with E-state index in [-0.39, 0.29) is 16.3 Å². The fourth-order valence-electron chi connectivity index (χ4n) is 2.48. The highest BCUT2D eigenvalue weighted by Gasteiger charge is 2.19. The van der Waals surface area contributed by atoms with E-state index in [4.69, 9.17) is 11.6 Å². The maximum absolute atomic E-state index is 13.9. The Kier molecular flexibility index (Phi) is 4.07. The molecule has 0 aliphatic rings. The van der Waals surface area contributed by atoms with Gasteiger partial charge in [-0.2, -0.15) is 0 Å². The summed E-state index contributed by atoms with van der Waals surface area (Å²) < 4.78 is 15.3. The topological polar surface area (TPSA) is 63.5 Å². The van der Waals surface area contributed by atoms with Crippen LogP contribution in [0.2, 0.25) is 5.02 Å². The Bertz CT molecular complexity index is 1010. The van der Waals surface area contributed by atoms with Crippen LogP contribution < -0.4 is 10.9 Å². The largest absolute Gasteiger partial charge is 0.316 e. The second kappa shape index (κ2) is 6.05. The molecule has 24 heavy (non-hydrogen) atoms. The minimum Gasteiger partial charge on any atom is -0.316 e. The van der Waals surface area contributed by atoms with E-state index < -0.39 is 17.3 Å². The molecule has 3 rings (SSSR count).